The van der Waals surface area contributed by atoms with E-state index in [1.54, 1.807) is 43.8 Å². The lowest BCUT2D eigenvalue weighted by atomic mass is 10.1. The first-order chi connectivity index (χ1) is 10.9. The lowest BCUT2D eigenvalue weighted by molar-refractivity contribution is -0.121. The number of aromatic nitrogens is 1. The molecule has 0 aliphatic rings. The molecule has 1 amide bonds. The van der Waals surface area contributed by atoms with Crippen molar-refractivity contribution in [3.8, 4) is 0 Å². The molecule has 1 heterocycles. The fourth-order valence-electron chi connectivity index (χ4n) is 2.33. The van der Waals surface area contributed by atoms with Gasteiger partial charge in [-0.05, 0) is 25.1 Å². The van der Waals surface area contributed by atoms with Crippen LogP contribution < -0.4 is 21.9 Å². The number of nitrogen functional groups attached to an aromatic ring is 1. The van der Waals surface area contributed by atoms with Crippen LogP contribution >= 0.6 is 0 Å². The Morgan fingerprint density at radius 3 is 2.83 bits per heavy atom. The zero-order valence-corrected chi connectivity index (χ0v) is 13.6. The van der Waals surface area contributed by atoms with Crippen LogP contribution in [0.25, 0.3) is 10.9 Å². The molecule has 0 spiro atoms. The van der Waals surface area contributed by atoms with Gasteiger partial charge in [0, 0.05) is 43.5 Å². The summed E-state index contributed by atoms with van der Waals surface area (Å²) in [5.74, 6) is -0.167. The second-order valence-corrected chi connectivity index (χ2v) is 5.38. The van der Waals surface area contributed by atoms with Crippen molar-refractivity contribution >= 4 is 28.2 Å². The largest absolute Gasteiger partial charge is 0.399 e. The van der Waals surface area contributed by atoms with E-state index in [1.807, 2.05) is 0 Å². The summed E-state index contributed by atoms with van der Waals surface area (Å²) < 4.78 is 6.44. The normalized spacial score (nSPS) is 12.1. The quantitative estimate of drug-likeness (QED) is 0.537. The third-order valence-electron chi connectivity index (χ3n) is 3.64. The van der Waals surface area contributed by atoms with Crippen molar-refractivity contribution in [3.63, 3.8) is 0 Å². The number of ether oxygens (including phenoxy) is 1. The molecule has 7 heteroatoms. The van der Waals surface area contributed by atoms with E-state index in [4.69, 9.17) is 10.5 Å². The minimum atomic E-state index is -0.497. The van der Waals surface area contributed by atoms with Gasteiger partial charge in [-0.2, -0.15) is 0 Å². The first-order valence-electron chi connectivity index (χ1n) is 7.36. The number of carbonyl (C=O) groups excluding carboxylic acids is 1. The van der Waals surface area contributed by atoms with Gasteiger partial charge in [0.05, 0.1) is 12.1 Å². The van der Waals surface area contributed by atoms with Crippen LogP contribution in [0.2, 0.25) is 0 Å². The number of nitrogens with zero attached hydrogens (tertiary/aromatic N) is 1. The van der Waals surface area contributed by atoms with Crippen molar-refractivity contribution in [1.82, 2.24) is 9.88 Å². The molecule has 1 aromatic heterocycles. The summed E-state index contributed by atoms with van der Waals surface area (Å²) in [6.45, 7) is 2.62. The molecule has 0 aliphatic heterocycles. The number of nitrogens with two attached hydrogens (primary N) is 1. The number of amides is 1. The zero-order chi connectivity index (χ0) is 17.0. The maximum absolute atomic E-state index is 12.1. The summed E-state index contributed by atoms with van der Waals surface area (Å²) in [5, 5.41) is 6.63. The molecule has 0 saturated carbocycles. The molecule has 2 aromatic rings. The number of carbonyl (C=O) groups is 1. The van der Waals surface area contributed by atoms with Gasteiger partial charge in [0.25, 0.3) is 5.56 Å². The monoisotopic (exact) mass is 318 g/mol. The van der Waals surface area contributed by atoms with Gasteiger partial charge in [0.1, 0.15) is 6.04 Å². The van der Waals surface area contributed by atoms with E-state index in [0.29, 0.717) is 24.5 Å². The van der Waals surface area contributed by atoms with E-state index in [-0.39, 0.29) is 11.5 Å². The number of pyridine rings is 1. The van der Waals surface area contributed by atoms with Crippen molar-refractivity contribution in [3.05, 3.63) is 34.6 Å². The first kappa shape index (κ1) is 16.8. The second-order valence-electron chi connectivity index (χ2n) is 5.38. The average molecular weight is 318 g/mol. The number of hydrogen-bond acceptors (Lipinski definition) is 5. The molecule has 4 N–H and O–H groups in total. The van der Waals surface area contributed by atoms with E-state index in [9.17, 15) is 9.59 Å². The molecule has 0 radical (unpaired) electrons. The van der Waals surface area contributed by atoms with Crippen molar-refractivity contribution in [1.29, 1.82) is 0 Å². The number of aryl methyl sites for hydroxylation is 1. The Morgan fingerprint density at radius 1 is 1.39 bits per heavy atom. The summed E-state index contributed by atoms with van der Waals surface area (Å²) in [6, 6.07) is 6.30. The molecule has 0 bridgehead atoms. The van der Waals surface area contributed by atoms with Crippen molar-refractivity contribution in [2.24, 2.45) is 7.05 Å². The van der Waals surface area contributed by atoms with Gasteiger partial charge < -0.3 is 25.7 Å². The molecule has 1 aromatic carbocycles. The van der Waals surface area contributed by atoms with Crippen molar-refractivity contribution < 1.29 is 9.53 Å². The van der Waals surface area contributed by atoms with Crippen LogP contribution in [0.1, 0.15) is 6.92 Å². The summed E-state index contributed by atoms with van der Waals surface area (Å²) in [6.07, 6.45) is 0. The Hall–Kier alpha value is -2.54. The molecule has 23 heavy (non-hydrogen) atoms. The van der Waals surface area contributed by atoms with Gasteiger partial charge in [0.2, 0.25) is 5.91 Å². The predicted molar refractivity (Wildman–Crippen MR) is 91.6 cm³/mol. The van der Waals surface area contributed by atoms with Crippen molar-refractivity contribution in [2.75, 3.05) is 31.3 Å². The SMILES string of the molecule is COCCNC(=O)[C@@H](C)Nc1cc(=O)n(C)c2ccc(N)cc12. The highest BCUT2D eigenvalue weighted by atomic mass is 16.5. The summed E-state index contributed by atoms with van der Waals surface area (Å²) in [7, 11) is 3.27. The standard InChI is InChI=1S/C16H22N4O3/c1-10(16(22)18-6-7-23-3)19-13-9-15(21)20(2)14-5-4-11(17)8-12(13)14/h4-5,8-10,19H,6-7,17H2,1-3H3,(H,18,22)/t10-/m1/s1. The molecule has 0 aliphatic carbocycles. The number of anilines is 2. The maximum atomic E-state index is 12.1. The molecule has 1 atom stereocenters. The summed E-state index contributed by atoms with van der Waals surface area (Å²) in [5.41, 5.74) is 7.62. The van der Waals surface area contributed by atoms with Crippen LogP contribution in [0.5, 0.6) is 0 Å². The maximum Gasteiger partial charge on any atom is 0.252 e. The van der Waals surface area contributed by atoms with Crippen molar-refractivity contribution in [2.45, 2.75) is 13.0 Å². The van der Waals surface area contributed by atoms with Crippen LogP contribution in [-0.4, -0.2) is 36.8 Å². The molecule has 0 unspecified atom stereocenters. The van der Waals surface area contributed by atoms with Crippen LogP contribution in [-0.2, 0) is 16.6 Å². The van der Waals surface area contributed by atoms with E-state index in [2.05, 4.69) is 10.6 Å². The molecule has 0 saturated heterocycles. The third-order valence-corrected chi connectivity index (χ3v) is 3.64. The number of benzene rings is 1. The van der Waals surface area contributed by atoms with Gasteiger partial charge in [0.15, 0.2) is 0 Å². The molecular formula is C16H22N4O3. The minimum Gasteiger partial charge on any atom is -0.399 e. The van der Waals surface area contributed by atoms with Crippen LogP contribution in [0.15, 0.2) is 29.1 Å². The number of methoxy groups -OCH3 is 1. The molecule has 124 valence electrons. The van der Waals surface area contributed by atoms with Gasteiger partial charge in [-0.1, -0.05) is 0 Å². The number of rotatable bonds is 6. The van der Waals surface area contributed by atoms with E-state index >= 15 is 0 Å². The Labute approximate surface area is 134 Å². The van der Waals surface area contributed by atoms with Gasteiger partial charge >= 0.3 is 0 Å². The van der Waals surface area contributed by atoms with Gasteiger partial charge in [-0.25, -0.2) is 0 Å². The van der Waals surface area contributed by atoms with E-state index in [0.717, 1.165) is 10.9 Å². The van der Waals surface area contributed by atoms with Gasteiger partial charge in [-0.3, -0.25) is 9.59 Å². The highest BCUT2D eigenvalue weighted by molar-refractivity contribution is 5.95. The molecule has 0 fully saturated rings. The fraction of sp³-hybridized carbons (Fsp3) is 0.375. The van der Waals surface area contributed by atoms with Gasteiger partial charge in [-0.15, -0.1) is 0 Å². The fourth-order valence-corrected chi connectivity index (χ4v) is 2.33. The Kier molecular flexibility index (Phi) is 5.23. The Morgan fingerprint density at radius 2 is 2.13 bits per heavy atom. The number of nitrogens with one attached hydrogen (secondary N) is 2. The lowest BCUT2D eigenvalue weighted by Gasteiger charge is -2.18. The summed E-state index contributed by atoms with van der Waals surface area (Å²) in [4.78, 5) is 24.1. The highest BCUT2D eigenvalue weighted by Gasteiger charge is 2.15. The van der Waals surface area contributed by atoms with Crippen LogP contribution in [0.3, 0.4) is 0 Å². The first-order valence-corrected chi connectivity index (χ1v) is 7.36. The predicted octanol–water partition coefficient (Wildman–Crippen LogP) is 0.684. The Bertz CT molecular complexity index is 770. The van der Waals surface area contributed by atoms with E-state index in [1.165, 1.54) is 6.07 Å². The smallest absolute Gasteiger partial charge is 0.252 e. The van der Waals surface area contributed by atoms with Crippen LogP contribution in [0, 0.1) is 0 Å². The molecule has 2 rings (SSSR count). The van der Waals surface area contributed by atoms with E-state index < -0.39 is 6.04 Å². The molecule has 7 nitrogen and oxygen atoms in total. The summed E-state index contributed by atoms with van der Waals surface area (Å²) >= 11 is 0. The second kappa shape index (κ2) is 7.15. The molecular weight excluding hydrogens is 296 g/mol. The number of fused-ring (bicyclic) bond motifs is 1. The number of hydrogen-bond donors (Lipinski definition) is 3. The lowest BCUT2D eigenvalue weighted by Crippen LogP contribution is -2.39. The zero-order valence-electron chi connectivity index (χ0n) is 13.6. The highest BCUT2D eigenvalue weighted by Crippen LogP contribution is 2.24. The topological polar surface area (TPSA) is 98.4 Å². The third kappa shape index (κ3) is 3.81. The minimum absolute atomic E-state index is 0.156. The average Bonchev–Trinajstić information content (AvgIpc) is 2.52. The Balaban J connectivity index is 2.29. The van der Waals surface area contributed by atoms with Crippen LogP contribution in [0.4, 0.5) is 11.4 Å².